The van der Waals surface area contributed by atoms with Crippen molar-refractivity contribution in [2.24, 2.45) is 0 Å². The summed E-state index contributed by atoms with van der Waals surface area (Å²) >= 11 is 0. The Hall–Kier alpha value is -3.67. The van der Waals surface area contributed by atoms with Crippen LogP contribution in [-0.4, -0.2) is 10.8 Å². The third-order valence-corrected chi connectivity index (χ3v) is 4.50. The highest BCUT2D eigenvalue weighted by atomic mass is 16.6. The van der Waals surface area contributed by atoms with Gasteiger partial charge in [-0.05, 0) is 35.2 Å². The van der Waals surface area contributed by atoms with E-state index in [0.29, 0.717) is 17.2 Å². The molecule has 1 amide bonds. The normalized spacial score (nSPS) is 10.6. The Morgan fingerprint density at radius 3 is 2.34 bits per heavy atom. The predicted octanol–water partition coefficient (Wildman–Crippen LogP) is 5.55. The number of nitrogens with one attached hydrogen (secondary N) is 1. The molecule has 1 N–H and O–H groups in total. The molecule has 0 fully saturated rings. The Balaban J connectivity index is 1.80. The van der Waals surface area contributed by atoms with Gasteiger partial charge in [0, 0.05) is 11.6 Å². The molecule has 0 saturated heterocycles. The monoisotopic (exact) mass is 390 g/mol. The van der Waals surface area contributed by atoms with Crippen LogP contribution in [0, 0.1) is 10.1 Å². The number of rotatable bonds is 7. The second-order valence-electron chi connectivity index (χ2n) is 6.94. The van der Waals surface area contributed by atoms with Crippen LogP contribution in [0.1, 0.15) is 41.3 Å². The second kappa shape index (κ2) is 9.01. The highest BCUT2D eigenvalue weighted by molar-refractivity contribution is 6.05. The zero-order valence-corrected chi connectivity index (χ0v) is 16.3. The van der Waals surface area contributed by atoms with Gasteiger partial charge in [0.25, 0.3) is 11.6 Å². The van der Waals surface area contributed by atoms with Gasteiger partial charge in [0.2, 0.25) is 0 Å². The van der Waals surface area contributed by atoms with E-state index >= 15 is 0 Å². The zero-order valence-electron chi connectivity index (χ0n) is 16.3. The molecule has 3 rings (SSSR count). The first-order valence-electron chi connectivity index (χ1n) is 9.30. The molecular weight excluding hydrogens is 368 g/mol. The topological polar surface area (TPSA) is 81.5 Å². The largest absolute Gasteiger partial charge is 0.486 e. The fourth-order valence-corrected chi connectivity index (χ4v) is 2.79. The van der Waals surface area contributed by atoms with Crippen LogP contribution in [0.25, 0.3) is 0 Å². The smallest absolute Gasteiger partial charge is 0.273 e. The number of nitrogens with zero attached hydrogens (tertiary/aromatic N) is 1. The number of nitro benzene ring substituents is 1. The van der Waals surface area contributed by atoms with Gasteiger partial charge in [0.15, 0.2) is 0 Å². The van der Waals surface area contributed by atoms with E-state index < -0.39 is 4.92 Å². The van der Waals surface area contributed by atoms with E-state index in [1.165, 1.54) is 23.8 Å². The minimum absolute atomic E-state index is 0.104. The molecule has 29 heavy (non-hydrogen) atoms. The van der Waals surface area contributed by atoms with Gasteiger partial charge < -0.3 is 10.1 Å². The summed E-state index contributed by atoms with van der Waals surface area (Å²) in [6.45, 7) is 4.47. The van der Waals surface area contributed by atoms with Crippen molar-refractivity contribution in [3.63, 3.8) is 0 Å². The van der Waals surface area contributed by atoms with Crippen molar-refractivity contribution in [1.82, 2.24) is 0 Å². The molecule has 0 aliphatic rings. The lowest BCUT2D eigenvalue weighted by Crippen LogP contribution is -2.13. The maximum Gasteiger partial charge on any atom is 0.273 e. The van der Waals surface area contributed by atoms with E-state index in [9.17, 15) is 14.9 Å². The SMILES string of the molecule is CC(C)c1ccc(COc2cc([N+](=O)[O-])ccc2NC(=O)c2ccccc2)cc1. The van der Waals surface area contributed by atoms with Crippen molar-refractivity contribution in [1.29, 1.82) is 0 Å². The molecule has 0 radical (unpaired) electrons. The molecule has 0 unspecified atom stereocenters. The molecule has 0 bridgehead atoms. The lowest BCUT2D eigenvalue weighted by atomic mass is 10.0. The molecule has 0 aliphatic heterocycles. The van der Waals surface area contributed by atoms with Gasteiger partial charge >= 0.3 is 0 Å². The lowest BCUT2D eigenvalue weighted by Gasteiger charge is -2.13. The van der Waals surface area contributed by atoms with Gasteiger partial charge in [-0.1, -0.05) is 56.3 Å². The van der Waals surface area contributed by atoms with Gasteiger partial charge in [-0.25, -0.2) is 0 Å². The standard InChI is InChI=1S/C23H22N2O4/c1-16(2)18-10-8-17(9-11-18)15-29-22-14-20(25(27)28)12-13-21(22)24-23(26)19-6-4-3-5-7-19/h3-14,16H,15H2,1-2H3,(H,24,26). The quantitative estimate of drug-likeness (QED) is 0.424. The van der Waals surface area contributed by atoms with E-state index in [-0.39, 0.29) is 24.0 Å². The third-order valence-electron chi connectivity index (χ3n) is 4.50. The maximum atomic E-state index is 12.5. The molecule has 6 heteroatoms. The predicted molar refractivity (Wildman–Crippen MR) is 112 cm³/mol. The van der Waals surface area contributed by atoms with Gasteiger partial charge in [-0.2, -0.15) is 0 Å². The van der Waals surface area contributed by atoms with Crippen LogP contribution in [0.5, 0.6) is 5.75 Å². The van der Waals surface area contributed by atoms with E-state index in [1.807, 2.05) is 30.3 Å². The number of non-ortho nitro benzene ring substituents is 1. The molecule has 0 spiro atoms. The number of hydrogen-bond donors (Lipinski definition) is 1. The molecule has 0 aromatic heterocycles. The Kier molecular flexibility index (Phi) is 6.24. The van der Waals surface area contributed by atoms with E-state index in [0.717, 1.165) is 5.56 Å². The number of carbonyl (C=O) groups is 1. The Morgan fingerprint density at radius 2 is 1.72 bits per heavy atom. The molecule has 3 aromatic carbocycles. The van der Waals surface area contributed by atoms with Crippen LogP contribution < -0.4 is 10.1 Å². The molecule has 0 heterocycles. The second-order valence-corrected chi connectivity index (χ2v) is 6.94. The van der Waals surface area contributed by atoms with Crippen molar-refractivity contribution >= 4 is 17.3 Å². The molecular formula is C23H22N2O4. The first kappa shape index (κ1) is 20.1. The molecule has 3 aromatic rings. The lowest BCUT2D eigenvalue weighted by molar-refractivity contribution is -0.384. The van der Waals surface area contributed by atoms with Crippen molar-refractivity contribution in [3.8, 4) is 5.75 Å². The minimum Gasteiger partial charge on any atom is -0.486 e. The summed E-state index contributed by atoms with van der Waals surface area (Å²) in [4.78, 5) is 23.1. The number of ether oxygens (including phenoxy) is 1. The minimum atomic E-state index is -0.493. The highest BCUT2D eigenvalue weighted by Gasteiger charge is 2.15. The summed E-state index contributed by atoms with van der Waals surface area (Å²) in [6.07, 6.45) is 0. The first-order chi connectivity index (χ1) is 13.9. The van der Waals surface area contributed by atoms with Crippen LogP contribution in [-0.2, 0) is 6.61 Å². The van der Waals surface area contributed by atoms with Crippen molar-refractivity contribution in [2.75, 3.05) is 5.32 Å². The number of benzene rings is 3. The van der Waals surface area contributed by atoms with Crippen molar-refractivity contribution in [3.05, 3.63) is 99.6 Å². The van der Waals surface area contributed by atoms with E-state index in [2.05, 4.69) is 19.2 Å². The fraction of sp³-hybridized carbons (Fsp3) is 0.174. The number of amides is 1. The zero-order chi connectivity index (χ0) is 20.8. The Labute approximate surface area is 169 Å². The molecule has 0 saturated carbocycles. The summed E-state index contributed by atoms with van der Waals surface area (Å²) in [5.74, 6) is 0.364. The molecule has 6 nitrogen and oxygen atoms in total. The first-order valence-corrected chi connectivity index (χ1v) is 9.30. The van der Waals surface area contributed by atoms with Crippen LogP contribution in [0.3, 0.4) is 0 Å². The van der Waals surface area contributed by atoms with Crippen molar-refractivity contribution in [2.45, 2.75) is 26.4 Å². The fourth-order valence-electron chi connectivity index (χ4n) is 2.79. The molecule has 148 valence electrons. The summed E-state index contributed by atoms with van der Waals surface area (Å²) < 4.78 is 5.83. The van der Waals surface area contributed by atoms with Crippen LogP contribution >= 0.6 is 0 Å². The van der Waals surface area contributed by atoms with E-state index in [4.69, 9.17) is 4.74 Å². The average molecular weight is 390 g/mol. The summed E-state index contributed by atoms with van der Waals surface area (Å²) in [7, 11) is 0. The van der Waals surface area contributed by atoms with Crippen LogP contribution in [0.15, 0.2) is 72.8 Å². The van der Waals surface area contributed by atoms with Gasteiger partial charge in [-0.15, -0.1) is 0 Å². The van der Waals surface area contributed by atoms with Gasteiger partial charge in [0.05, 0.1) is 16.7 Å². The van der Waals surface area contributed by atoms with Crippen LogP contribution in [0.2, 0.25) is 0 Å². The number of carbonyl (C=O) groups excluding carboxylic acids is 1. The van der Waals surface area contributed by atoms with Crippen molar-refractivity contribution < 1.29 is 14.5 Å². The molecule has 0 aliphatic carbocycles. The summed E-state index contributed by atoms with van der Waals surface area (Å²) in [5, 5.41) is 13.9. The maximum absolute atomic E-state index is 12.5. The highest BCUT2D eigenvalue weighted by Crippen LogP contribution is 2.30. The van der Waals surface area contributed by atoms with Gasteiger partial charge in [0.1, 0.15) is 12.4 Å². The number of nitro groups is 1. The average Bonchev–Trinajstić information content (AvgIpc) is 2.73. The Bertz CT molecular complexity index is 999. The number of anilines is 1. The number of hydrogen-bond acceptors (Lipinski definition) is 4. The third kappa shape index (κ3) is 5.19. The van der Waals surface area contributed by atoms with Crippen LogP contribution in [0.4, 0.5) is 11.4 Å². The van der Waals surface area contributed by atoms with Gasteiger partial charge in [-0.3, -0.25) is 14.9 Å². The Morgan fingerprint density at radius 1 is 1.03 bits per heavy atom. The summed E-state index contributed by atoms with van der Waals surface area (Å²) in [5.41, 5.74) is 2.92. The van der Waals surface area contributed by atoms with E-state index in [1.54, 1.807) is 24.3 Å². The molecule has 0 atom stereocenters. The summed E-state index contributed by atoms with van der Waals surface area (Å²) in [6, 6.07) is 20.9.